The van der Waals surface area contributed by atoms with E-state index in [2.05, 4.69) is 15.3 Å². The van der Waals surface area contributed by atoms with Crippen LogP contribution in [0.4, 0.5) is 10.2 Å². The zero-order valence-electron chi connectivity index (χ0n) is 11.4. The molecule has 1 aromatic heterocycles. The maximum atomic E-state index is 13.8. The SMILES string of the molecule is O=C(O)C1C2CCCC(CC2)C1Nc1nc(Cl)ncc1F. The summed E-state index contributed by atoms with van der Waals surface area (Å²) in [6.45, 7) is 0. The Morgan fingerprint density at radius 1 is 1.33 bits per heavy atom. The summed E-state index contributed by atoms with van der Waals surface area (Å²) in [6.07, 6.45) is 5.85. The van der Waals surface area contributed by atoms with Gasteiger partial charge < -0.3 is 10.4 Å². The first-order chi connectivity index (χ1) is 10.1. The highest BCUT2D eigenvalue weighted by Crippen LogP contribution is 2.44. The van der Waals surface area contributed by atoms with Gasteiger partial charge in [0.15, 0.2) is 11.6 Å². The van der Waals surface area contributed by atoms with Crippen LogP contribution < -0.4 is 5.32 Å². The topological polar surface area (TPSA) is 75.1 Å². The normalized spacial score (nSPS) is 31.7. The van der Waals surface area contributed by atoms with Gasteiger partial charge in [0.2, 0.25) is 5.28 Å². The summed E-state index contributed by atoms with van der Waals surface area (Å²) in [5, 5.41) is 12.5. The van der Waals surface area contributed by atoms with Gasteiger partial charge in [0, 0.05) is 6.04 Å². The number of hydrogen-bond donors (Lipinski definition) is 2. The third kappa shape index (κ3) is 2.81. The minimum Gasteiger partial charge on any atom is -0.481 e. The summed E-state index contributed by atoms with van der Waals surface area (Å²) in [6, 6.07) is -0.302. The molecule has 0 saturated heterocycles. The lowest BCUT2D eigenvalue weighted by molar-refractivity contribution is -0.145. The second-order valence-corrected chi connectivity index (χ2v) is 6.24. The van der Waals surface area contributed by atoms with Gasteiger partial charge in [-0.05, 0) is 49.1 Å². The monoisotopic (exact) mass is 313 g/mol. The third-order valence-corrected chi connectivity index (χ3v) is 4.95. The molecule has 3 aliphatic rings. The van der Waals surface area contributed by atoms with Crippen LogP contribution in [-0.2, 0) is 4.79 Å². The molecule has 4 unspecified atom stereocenters. The van der Waals surface area contributed by atoms with Crippen molar-refractivity contribution in [2.75, 3.05) is 5.32 Å². The molecule has 4 atom stereocenters. The molecule has 114 valence electrons. The van der Waals surface area contributed by atoms with Gasteiger partial charge in [-0.15, -0.1) is 0 Å². The van der Waals surface area contributed by atoms with Gasteiger partial charge in [0.1, 0.15) is 0 Å². The molecule has 5 nitrogen and oxygen atoms in total. The minimum absolute atomic E-state index is 0.00111. The zero-order chi connectivity index (χ0) is 15.0. The van der Waals surface area contributed by atoms with E-state index in [0.717, 1.165) is 38.3 Å². The molecule has 2 N–H and O–H groups in total. The van der Waals surface area contributed by atoms with Crippen LogP contribution >= 0.6 is 11.6 Å². The van der Waals surface area contributed by atoms with E-state index in [1.54, 1.807) is 0 Å². The number of rotatable bonds is 3. The van der Waals surface area contributed by atoms with Crippen molar-refractivity contribution in [2.45, 2.75) is 38.1 Å². The van der Waals surface area contributed by atoms with Crippen LogP contribution in [0, 0.1) is 23.6 Å². The van der Waals surface area contributed by atoms with Crippen molar-refractivity contribution in [2.24, 2.45) is 17.8 Å². The Labute approximate surface area is 126 Å². The first-order valence-electron chi connectivity index (χ1n) is 7.23. The quantitative estimate of drug-likeness (QED) is 0.839. The largest absolute Gasteiger partial charge is 0.481 e. The van der Waals surface area contributed by atoms with E-state index in [1.807, 2.05) is 0 Å². The van der Waals surface area contributed by atoms with Crippen molar-refractivity contribution in [3.8, 4) is 0 Å². The van der Waals surface area contributed by atoms with Crippen LogP contribution in [0.3, 0.4) is 0 Å². The Morgan fingerprint density at radius 2 is 2.05 bits per heavy atom. The minimum atomic E-state index is -0.815. The van der Waals surface area contributed by atoms with Crippen LogP contribution in [0.2, 0.25) is 5.28 Å². The van der Waals surface area contributed by atoms with Crippen molar-refractivity contribution < 1.29 is 14.3 Å². The van der Waals surface area contributed by atoms with Crippen LogP contribution in [0.15, 0.2) is 6.20 Å². The van der Waals surface area contributed by atoms with Gasteiger partial charge >= 0.3 is 5.97 Å². The van der Waals surface area contributed by atoms with Crippen molar-refractivity contribution in [1.82, 2.24) is 9.97 Å². The first kappa shape index (κ1) is 14.5. The number of halogens is 2. The number of carboxylic acids is 1. The van der Waals surface area contributed by atoms with Crippen LogP contribution in [0.25, 0.3) is 0 Å². The first-order valence-corrected chi connectivity index (χ1v) is 7.61. The number of aliphatic carboxylic acids is 1. The zero-order valence-corrected chi connectivity index (χ0v) is 12.2. The van der Waals surface area contributed by atoms with Crippen LogP contribution in [-0.4, -0.2) is 27.1 Å². The average Bonchev–Trinajstić information content (AvgIpc) is 2.76. The molecule has 0 aliphatic heterocycles. The van der Waals surface area contributed by atoms with E-state index in [1.165, 1.54) is 0 Å². The van der Waals surface area contributed by atoms with Crippen LogP contribution in [0.5, 0.6) is 0 Å². The molecule has 1 aromatic rings. The van der Waals surface area contributed by atoms with Gasteiger partial charge in [-0.1, -0.05) is 6.42 Å². The molecule has 4 rings (SSSR count). The lowest BCUT2D eigenvalue weighted by atomic mass is 9.71. The third-order valence-electron chi connectivity index (χ3n) is 4.76. The number of carboxylic acid groups (broad SMARTS) is 1. The standard InChI is InChI=1S/C14H17ClFN3O2/c15-14-17-6-9(16)12(19-14)18-11-8-3-1-2-7(4-5-8)10(11)13(20)21/h6-8,10-11H,1-5H2,(H,20,21)(H,17,18,19). The summed E-state index contributed by atoms with van der Waals surface area (Å²) in [4.78, 5) is 19.1. The maximum Gasteiger partial charge on any atom is 0.308 e. The Kier molecular flexibility index (Phi) is 3.97. The lowest BCUT2D eigenvalue weighted by Crippen LogP contribution is -2.46. The predicted octanol–water partition coefficient (Wildman–Crippen LogP) is 2.96. The Bertz CT molecular complexity index is 553. The van der Waals surface area contributed by atoms with Gasteiger partial charge in [-0.3, -0.25) is 4.79 Å². The smallest absolute Gasteiger partial charge is 0.308 e. The van der Waals surface area contributed by atoms with Gasteiger partial charge in [-0.25, -0.2) is 9.37 Å². The Balaban J connectivity index is 1.90. The summed E-state index contributed by atoms with van der Waals surface area (Å²) >= 11 is 5.70. The summed E-state index contributed by atoms with van der Waals surface area (Å²) in [5.41, 5.74) is 0. The fourth-order valence-corrected chi connectivity index (χ4v) is 3.96. The molecular formula is C14H17ClFN3O2. The van der Waals surface area contributed by atoms with Gasteiger partial charge in [0.25, 0.3) is 0 Å². The number of aromatic nitrogens is 2. The summed E-state index contributed by atoms with van der Waals surface area (Å²) < 4.78 is 13.8. The number of anilines is 1. The number of hydrogen-bond acceptors (Lipinski definition) is 4. The molecule has 3 saturated carbocycles. The molecule has 7 heteroatoms. The fraction of sp³-hybridized carbons (Fsp3) is 0.643. The lowest BCUT2D eigenvalue weighted by Gasteiger charge is -2.38. The predicted molar refractivity (Wildman–Crippen MR) is 75.6 cm³/mol. The molecule has 0 aromatic carbocycles. The van der Waals surface area contributed by atoms with Crippen molar-refractivity contribution in [1.29, 1.82) is 0 Å². The average molecular weight is 314 g/mol. The van der Waals surface area contributed by atoms with Crippen molar-refractivity contribution in [3.63, 3.8) is 0 Å². The number of nitrogens with zero attached hydrogens (tertiary/aromatic N) is 2. The number of fused-ring (bicyclic) bond motifs is 4. The number of nitrogens with one attached hydrogen (secondary N) is 1. The molecular weight excluding hydrogens is 297 g/mol. The molecule has 0 spiro atoms. The molecule has 1 heterocycles. The van der Waals surface area contributed by atoms with E-state index < -0.39 is 17.7 Å². The van der Waals surface area contributed by atoms with Gasteiger partial charge in [-0.2, -0.15) is 4.98 Å². The van der Waals surface area contributed by atoms with E-state index in [-0.39, 0.29) is 29.0 Å². The molecule has 2 bridgehead atoms. The fourth-order valence-electron chi connectivity index (χ4n) is 3.83. The second kappa shape index (κ2) is 5.75. The summed E-state index contributed by atoms with van der Waals surface area (Å²) in [7, 11) is 0. The van der Waals surface area contributed by atoms with Crippen LogP contribution in [0.1, 0.15) is 32.1 Å². The summed E-state index contributed by atoms with van der Waals surface area (Å²) in [5.74, 6) is -1.54. The highest BCUT2D eigenvalue weighted by molar-refractivity contribution is 6.28. The molecule has 0 radical (unpaired) electrons. The van der Waals surface area contributed by atoms with Crippen molar-refractivity contribution >= 4 is 23.4 Å². The van der Waals surface area contributed by atoms with Gasteiger partial charge in [0.05, 0.1) is 12.1 Å². The Hall–Kier alpha value is -1.43. The van der Waals surface area contributed by atoms with E-state index >= 15 is 0 Å². The highest BCUT2D eigenvalue weighted by atomic mass is 35.5. The molecule has 3 fully saturated rings. The number of carbonyl (C=O) groups is 1. The maximum absolute atomic E-state index is 13.8. The Morgan fingerprint density at radius 3 is 2.81 bits per heavy atom. The highest BCUT2D eigenvalue weighted by Gasteiger charge is 2.45. The molecule has 0 amide bonds. The van der Waals surface area contributed by atoms with Crippen molar-refractivity contribution in [3.05, 3.63) is 17.3 Å². The van der Waals surface area contributed by atoms with E-state index in [0.29, 0.717) is 0 Å². The second-order valence-electron chi connectivity index (χ2n) is 5.90. The molecule has 3 aliphatic carbocycles. The van der Waals surface area contributed by atoms with E-state index in [4.69, 9.17) is 11.6 Å². The molecule has 21 heavy (non-hydrogen) atoms. The van der Waals surface area contributed by atoms with E-state index in [9.17, 15) is 14.3 Å².